The molecule has 27 heavy (non-hydrogen) atoms. The molecule has 11 heteroatoms. The zero-order chi connectivity index (χ0) is 18.1. The fourth-order valence-electron chi connectivity index (χ4n) is 2.88. The molecule has 3 heterocycles. The van der Waals surface area contributed by atoms with Gasteiger partial charge in [0.2, 0.25) is 0 Å². The Hall–Kier alpha value is -2.82. The van der Waals surface area contributed by atoms with Crippen molar-refractivity contribution >= 4 is 18.1 Å². The molecule has 1 saturated heterocycles. The molecule has 1 atom stereocenters. The van der Waals surface area contributed by atoms with Gasteiger partial charge in [0.1, 0.15) is 0 Å². The average Bonchev–Trinajstić information content (AvgIpc) is 3.32. The van der Waals surface area contributed by atoms with Gasteiger partial charge in [0.05, 0.1) is 16.7 Å². The first kappa shape index (κ1) is 19.0. The van der Waals surface area contributed by atoms with Gasteiger partial charge in [-0.3, -0.25) is 15.0 Å². The summed E-state index contributed by atoms with van der Waals surface area (Å²) in [5.74, 6) is 0.972. The zero-order valence-electron chi connectivity index (χ0n) is 14.5. The number of nitro benzene ring substituents is 1. The monoisotopic (exact) mass is 391 g/mol. The first-order valence-corrected chi connectivity index (χ1v) is 8.17. The lowest BCUT2D eigenvalue weighted by molar-refractivity contribution is -0.384. The minimum atomic E-state index is -0.435. The largest absolute Gasteiger partial charge is 0.332 e. The van der Waals surface area contributed by atoms with Gasteiger partial charge >= 0.3 is 0 Å². The van der Waals surface area contributed by atoms with Crippen LogP contribution in [-0.2, 0) is 0 Å². The van der Waals surface area contributed by atoms with Crippen LogP contribution in [0.5, 0.6) is 0 Å². The summed E-state index contributed by atoms with van der Waals surface area (Å²) >= 11 is 0. The lowest BCUT2D eigenvalue weighted by atomic mass is 10.2. The molecule has 3 aromatic rings. The van der Waals surface area contributed by atoms with E-state index in [1.165, 1.54) is 12.1 Å². The average molecular weight is 392 g/mol. The summed E-state index contributed by atoms with van der Waals surface area (Å²) in [6, 6.07) is 7.98. The zero-order valence-corrected chi connectivity index (χ0v) is 15.3. The number of nitrogens with zero attached hydrogens (tertiary/aromatic N) is 6. The molecule has 1 aliphatic rings. The van der Waals surface area contributed by atoms with Crippen molar-refractivity contribution in [2.75, 3.05) is 26.7 Å². The summed E-state index contributed by atoms with van der Waals surface area (Å²) in [6.45, 7) is 2.63. The molecule has 1 N–H and O–H groups in total. The van der Waals surface area contributed by atoms with Crippen molar-refractivity contribution in [1.82, 2.24) is 30.1 Å². The van der Waals surface area contributed by atoms with Gasteiger partial charge in [-0.25, -0.2) is 4.68 Å². The van der Waals surface area contributed by atoms with E-state index in [2.05, 4.69) is 25.5 Å². The summed E-state index contributed by atoms with van der Waals surface area (Å²) in [7, 11) is 2.03. The standard InChI is InChI=1S/C16H17N7O3.ClH/c1-21-9-7-17-10-14(21)15-18-16(26-20-15)13-6-8-22(19-13)11-2-4-12(5-3-11)23(24)25;/h2-6,8,14,17H,7,9-10H2,1H3;1H. The highest BCUT2D eigenvalue weighted by atomic mass is 35.5. The number of piperazine rings is 1. The first-order chi connectivity index (χ1) is 12.6. The molecular weight excluding hydrogens is 374 g/mol. The number of rotatable bonds is 4. The van der Waals surface area contributed by atoms with Crippen LogP contribution in [0.1, 0.15) is 11.9 Å². The molecule has 1 fully saturated rings. The Balaban J connectivity index is 0.00000210. The SMILES string of the molecule is CN1CCNCC1c1noc(-c2ccn(-c3ccc([N+](=O)[O-])cc3)n2)n1.Cl. The lowest BCUT2D eigenvalue weighted by Gasteiger charge is -2.30. The summed E-state index contributed by atoms with van der Waals surface area (Å²) in [5.41, 5.74) is 1.29. The van der Waals surface area contributed by atoms with Gasteiger partial charge in [-0.2, -0.15) is 10.1 Å². The smallest absolute Gasteiger partial charge is 0.278 e. The molecule has 142 valence electrons. The highest BCUT2D eigenvalue weighted by Gasteiger charge is 2.26. The molecule has 0 bridgehead atoms. The van der Waals surface area contributed by atoms with Gasteiger partial charge in [-0.05, 0) is 25.2 Å². The number of non-ortho nitro benzene ring substituents is 1. The van der Waals surface area contributed by atoms with Crippen molar-refractivity contribution in [3.05, 3.63) is 52.5 Å². The summed E-state index contributed by atoms with van der Waals surface area (Å²) < 4.78 is 6.98. The second-order valence-electron chi connectivity index (χ2n) is 6.08. The molecule has 2 aromatic heterocycles. The van der Waals surface area contributed by atoms with E-state index >= 15 is 0 Å². The molecule has 0 radical (unpaired) electrons. The lowest BCUT2D eigenvalue weighted by Crippen LogP contribution is -2.44. The number of nitrogens with one attached hydrogen (secondary N) is 1. The van der Waals surface area contributed by atoms with Gasteiger partial charge in [-0.1, -0.05) is 5.16 Å². The predicted octanol–water partition coefficient (Wildman–Crippen LogP) is 1.83. The molecular formula is C16H18ClN7O3. The van der Waals surface area contributed by atoms with Gasteiger partial charge < -0.3 is 9.84 Å². The highest BCUT2D eigenvalue weighted by Crippen LogP contribution is 2.22. The van der Waals surface area contributed by atoms with E-state index in [1.807, 2.05) is 7.05 Å². The van der Waals surface area contributed by atoms with E-state index in [4.69, 9.17) is 4.52 Å². The first-order valence-electron chi connectivity index (χ1n) is 8.17. The molecule has 0 amide bonds. The van der Waals surface area contributed by atoms with Crippen molar-refractivity contribution in [3.8, 4) is 17.3 Å². The molecule has 1 aromatic carbocycles. The Labute approximate surface area is 160 Å². The maximum Gasteiger partial charge on any atom is 0.278 e. The number of halogens is 1. The number of benzene rings is 1. The fourth-order valence-corrected chi connectivity index (χ4v) is 2.88. The van der Waals surface area contributed by atoms with Crippen LogP contribution in [0.2, 0.25) is 0 Å². The minimum Gasteiger partial charge on any atom is -0.332 e. The van der Waals surface area contributed by atoms with Crippen LogP contribution in [-0.4, -0.2) is 56.4 Å². The number of aromatic nitrogens is 4. The third kappa shape index (κ3) is 3.82. The van der Waals surface area contributed by atoms with Gasteiger partial charge in [0.25, 0.3) is 11.6 Å². The maximum absolute atomic E-state index is 10.7. The molecule has 0 spiro atoms. The topological polar surface area (TPSA) is 115 Å². The predicted molar refractivity (Wildman–Crippen MR) is 99.0 cm³/mol. The van der Waals surface area contributed by atoms with Gasteiger partial charge in [0.15, 0.2) is 11.5 Å². The molecule has 1 unspecified atom stereocenters. The second-order valence-corrected chi connectivity index (χ2v) is 6.08. The summed E-state index contributed by atoms with van der Waals surface area (Å²) in [5, 5.41) is 22.6. The molecule has 0 aliphatic carbocycles. The molecule has 1 aliphatic heterocycles. The Morgan fingerprint density at radius 1 is 1.30 bits per heavy atom. The van der Waals surface area contributed by atoms with Crippen LogP contribution in [0.4, 0.5) is 5.69 Å². The summed E-state index contributed by atoms with van der Waals surface area (Å²) in [6.07, 6.45) is 1.74. The van der Waals surface area contributed by atoms with Crippen molar-refractivity contribution in [2.45, 2.75) is 6.04 Å². The van der Waals surface area contributed by atoms with E-state index in [-0.39, 0.29) is 24.1 Å². The van der Waals surface area contributed by atoms with Crippen LogP contribution < -0.4 is 5.32 Å². The third-order valence-electron chi connectivity index (χ3n) is 4.38. The van der Waals surface area contributed by atoms with Crippen molar-refractivity contribution in [3.63, 3.8) is 0 Å². The van der Waals surface area contributed by atoms with E-state index in [9.17, 15) is 10.1 Å². The number of hydrogen-bond donors (Lipinski definition) is 1. The van der Waals surface area contributed by atoms with Gasteiger partial charge in [-0.15, -0.1) is 12.4 Å². The van der Waals surface area contributed by atoms with Crippen molar-refractivity contribution in [2.24, 2.45) is 0 Å². The maximum atomic E-state index is 10.7. The van der Waals surface area contributed by atoms with E-state index in [0.717, 1.165) is 19.6 Å². The fraction of sp³-hybridized carbons (Fsp3) is 0.312. The quantitative estimate of drug-likeness (QED) is 0.529. The molecule has 0 saturated carbocycles. The molecule has 4 rings (SSSR count). The Bertz CT molecular complexity index is 924. The Kier molecular flexibility index (Phi) is 5.49. The third-order valence-corrected chi connectivity index (χ3v) is 4.38. The normalized spacial score (nSPS) is 17.4. The van der Waals surface area contributed by atoms with Crippen LogP contribution in [0, 0.1) is 10.1 Å². The van der Waals surface area contributed by atoms with E-state index in [1.54, 1.807) is 29.1 Å². The van der Waals surface area contributed by atoms with Crippen molar-refractivity contribution in [1.29, 1.82) is 0 Å². The van der Waals surface area contributed by atoms with E-state index < -0.39 is 4.92 Å². The van der Waals surface area contributed by atoms with Crippen LogP contribution in [0.25, 0.3) is 17.3 Å². The number of likely N-dealkylation sites (N-methyl/N-ethyl adjacent to an activating group) is 1. The van der Waals surface area contributed by atoms with Crippen LogP contribution in [0.15, 0.2) is 41.1 Å². The van der Waals surface area contributed by atoms with Crippen molar-refractivity contribution < 1.29 is 9.45 Å². The Morgan fingerprint density at radius 3 is 2.78 bits per heavy atom. The summed E-state index contributed by atoms with van der Waals surface area (Å²) in [4.78, 5) is 17.0. The van der Waals surface area contributed by atoms with Crippen LogP contribution in [0.3, 0.4) is 0 Å². The second kappa shape index (κ2) is 7.82. The minimum absolute atomic E-state index is 0. The van der Waals surface area contributed by atoms with Gasteiger partial charge in [0, 0.05) is 38.0 Å². The number of hydrogen-bond acceptors (Lipinski definition) is 8. The number of nitro groups is 1. The highest BCUT2D eigenvalue weighted by molar-refractivity contribution is 5.85. The Morgan fingerprint density at radius 2 is 2.07 bits per heavy atom. The van der Waals surface area contributed by atoms with Crippen LogP contribution >= 0.6 is 12.4 Å². The molecule has 10 nitrogen and oxygen atoms in total. The van der Waals surface area contributed by atoms with E-state index in [0.29, 0.717) is 23.1 Å².